The molecule has 0 saturated carbocycles. The standard InChI is InChI=1S/C10H13BrN2O3S2/c1-18(15,16)13-5-4-12-10(14)8-3-2-7(11)6-9(8)17/h2-3,6,13,17H,4-5H2,1H3,(H,12,14). The molecule has 8 heteroatoms. The number of nitrogens with one attached hydrogen (secondary N) is 2. The Labute approximate surface area is 120 Å². The Morgan fingerprint density at radius 3 is 2.61 bits per heavy atom. The zero-order valence-electron chi connectivity index (χ0n) is 9.60. The van der Waals surface area contributed by atoms with Gasteiger partial charge >= 0.3 is 0 Å². The van der Waals surface area contributed by atoms with Crippen LogP contribution in [0.5, 0.6) is 0 Å². The smallest absolute Gasteiger partial charge is 0.252 e. The van der Waals surface area contributed by atoms with Crippen LogP contribution in [0.2, 0.25) is 0 Å². The van der Waals surface area contributed by atoms with Crippen LogP contribution in [-0.4, -0.2) is 33.7 Å². The zero-order chi connectivity index (χ0) is 13.8. The maximum atomic E-state index is 11.7. The molecular weight excluding hydrogens is 340 g/mol. The number of halogens is 1. The van der Waals surface area contributed by atoms with Gasteiger partial charge in [0.05, 0.1) is 11.8 Å². The lowest BCUT2D eigenvalue weighted by atomic mass is 10.2. The van der Waals surface area contributed by atoms with Crippen LogP contribution in [-0.2, 0) is 10.0 Å². The third kappa shape index (κ3) is 5.38. The van der Waals surface area contributed by atoms with Gasteiger partial charge in [-0.1, -0.05) is 15.9 Å². The molecule has 0 saturated heterocycles. The SMILES string of the molecule is CS(=O)(=O)NCCNC(=O)c1ccc(Br)cc1S. The summed E-state index contributed by atoms with van der Waals surface area (Å²) in [4.78, 5) is 12.3. The summed E-state index contributed by atoms with van der Waals surface area (Å²) in [6, 6.07) is 5.10. The van der Waals surface area contributed by atoms with Crippen molar-refractivity contribution < 1.29 is 13.2 Å². The van der Waals surface area contributed by atoms with E-state index in [4.69, 9.17) is 0 Å². The molecule has 1 rings (SSSR count). The Kier molecular flexibility index (Phi) is 5.64. The van der Waals surface area contributed by atoms with E-state index in [1.165, 1.54) is 0 Å². The second-order valence-corrected chi connectivity index (χ2v) is 6.81. The molecule has 1 amide bonds. The Morgan fingerprint density at radius 2 is 2.06 bits per heavy atom. The average Bonchev–Trinajstić information content (AvgIpc) is 2.22. The second-order valence-electron chi connectivity index (χ2n) is 3.58. The van der Waals surface area contributed by atoms with Crippen LogP contribution in [0.25, 0.3) is 0 Å². The highest BCUT2D eigenvalue weighted by atomic mass is 79.9. The summed E-state index contributed by atoms with van der Waals surface area (Å²) in [7, 11) is -3.22. The molecule has 0 atom stereocenters. The number of thiol groups is 1. The normalized spacial score (nSPS) is 11.3. The summed E-state index contributed by atoms with van der Waals surface area (Å²) in [5.41, 5.74) is 0.445. The highest BCUT2D eigenvalue weighted by Gasteiger charge is 2.09. The molecule has 0 heterocycles. The third-order valence-electron chi connectivity index (χ3n) is 1.98. The van der Waals surface area contributed by atoms with Crippen LogP contribution in [0.4, 0.5) is 0 Å². The molecule has 0 aliphatic heterocycles. The van der Waals surface area contributed by atoms with Crippen molar-refractivity contribution >= 4 is 44.5 Å². The first-order chi connectivity index (χ1) is 8.29. The first kappa shape index (κ1) is 15.5. The summed E-state index contributed by atoms with van der Waals surface area (Å²) >= 11 is 7.47. The van der Waals surface area contributed by atoms with E-state index in [0.717, 1.165) is 10.7 Å². The van der Waals surface area contributed by atoms with Crippen LogP contribution in [0.3, 0.4) is 0 Å². The van der Waals surface area contributed by atoms with E-state index in [9.17, 15) is 13.2 Å². The number of carbonyl (C=O) groups is 1. The van der Waals surface area contributed by atoms with Gasteiger partial charge in [0.15, 0.2) is 0 Å². The molecule has 0 fully saturated rings. The first-order valence-electron chi connectivity index (χ1n) is 5.01. The average molecular weight is 353 g/mol. The number of amides is 1. The van der Waals surface area contributed by atoms with Gasteiger partial charge in [0, 0.05) is 22.5 Å². The van der Waals surface area contributed by atoms with Crippen LogP contribution >= 0.6 is 28.6 Å². The lowest BCUT2D eigenvalue weighted by Gasteiger charge is -2.07. The highest BCUT2D eigenvalue weighted by Crippen LogP contribution is 2.19. The van der Waals surface area contributed by atoms with Crippen LogP contribution in [0, 0.1) is 0 Å². The number of sulfonamides is 1. The number of benzene rings is 1. The van der Waals surface area contributed by atoms with Crippen molar-refractivity contribution in [3.05, 3.63) is 28.2 Å². The molecule has 18 heavy (non-hydrogen) atoms. The summed E-state index contributed by atoms with van der Waals surface area (Å²) in [6.07, 6.45) is 1.06. The molecule has 0 aromatic heterocycles. The molecule has 0 radical (unpaired) electrons. The van der Waals surface area contributed by atoms with Gasteiger partial charge in [-0.3, -0.25) is 4.79 Å². The van der Waals surface area contributed by atoms with Crippen LogP contribution in [0.15, 0.2) is 27.6 Å². The minimum atomic E-state index is -3.22. The molecule has 1 aromatic carbocycles. The monoisotopic (exact) mass is 352 g/mol. The number of hydrogen-bond acceptors (Lipinski definition) is 4. The minimum Gasteiger partial charge on any atom is -0.351 e. The zero-order valence-corrected chi connectivity index (χ0v) is 12.9. The summed E-state index contributed by atoms with van der Waals surface area (Å²) in [6.45, 7) is 0.373. The summed E-state index contributed by atoms with van der Waals surface area (Å²) in [5, 5.41) is 2.60. The van der Waals surface area contributed by atoms with Crippen molar-refractivity contribution in [1.29, 1.82) is 0 Å². The van der Waals surface area contributed by atoms with E-state index in [0.29, 0.717) is 10.5 Å². The predicted molar refractivity (Wildman–Crippen MR) is 76.6 cm³/mol. The Bertz CT molecular complexity index is 546. The Hall–Kier alpha value is -0.570. The fourth-order valence-electron chi connectivity index (χ4n) is 1.20. The summed E-state index contributed by atoms with van der Waals surface area (Å²) in [5.74, 6) is -0.289. The van der Waals surface area contributed by atoms with Gasteiger partial charge in [-0.05, 0) is 18.2 Å². The van der Waals surface area contributed by atoms with Gasteiger partial charge in [-0.25, -0.2) is 13.1 Å². The molecule has 5 nitrogen and oxygen atoms in total. The molecule has 0 unspecified atom stereocenters. The van der Waals surface area contributed by atoms with Crippen molar-refractivity contribution in [3.63, 3.8) is 0 Å². The van der Waals surface area contributed by atoms with E-state index in [1.807, 2.05) is 0 Å². The van der Waals surface area contributed by atoms with E-state index in [1.54, 1.807) is 18.2 Å². The maximum Gasteiger partial charge on any atom is 0.252 e. The third-order valence-corrected chi connectivity index (χ3v) is 3.57. The van der Waals surface area contributed by atoms with Crippen molar-refractivity contribution in [2.75, 3.05) is 19.3 Å². The molecule has 100 valence electrons. The molecule has 1 aromatic rings. The van der Waals surface area contributed by atoms with Gasteiger partial charge in [-0.2, -0.15) is 0 Å². The molecule has 0 aliphatic carbocycles. The quantitative estimate of drug-likeness (QED) is 0.547. The van der Waals surface area contributed by atoms with Gasteiger partial charge < -0.3 is 5.32 Å². The fourth-order valence-corrected chi connectivity index (χ4v) is 2.53. The van der Waals surface area contributed by atoms with Crippen molar-refractivity contribution in [1.82, 2.24) is 10.0 Å². The number of rotatable bonds is 5. The Balaban J connectivity index is 2.51. The lowest BCUT2D eigenvalue weighted by Crippen LogP contribution is -2.34. The molecular formula is C10H13BrN2O3S2. The van der Waals surface area contributed by atoms with E-state index in [-0.39, 0.29) is 19.0 Å². The predicted octanol–water partition coefficient (Wildman–Crippen LogP) is 1.02. The molecule has 0 aliphatic rings. The van der Waals surface area contributed by atoms with Gasteiger partial charge in [0.2, 0.25) is 10.0 Å². The van der Waals surface area contributed by atoms with E-state index < -0.39 is 10.0 Å². The van der Waals surface area contributed by atoms with Gasteiger partial charge in [0.25, 0.3) is 5.91 Å². The van der Waals surface area contributed by atoms with E-state index >= 15 is 0 Å². The Morgan fingerprint density at radius 1 is 1.39 bits per heavy atom. The molecule has 0 bridgehead atoms. The van der Waals surface area contributed by atoms with Gasteiger partial charge in [0.1, 0.15) is 0 Å². The lowest BCUT2D eigenvalue weighted by molar-refractivity contribution is 0.0951. The fraction of sp³-hybridized carbons (Fsp3) is 0.300. The topological polar surface area (TPSA) is 75.3 Å². The van der Waals surface area contributed by atoms with Crippen LogP contribution in [0.1, 0.15) is 10.4 Å². The van der Waals surface area contributed by atoms with Crippen LogP contribution < -0.4 is 10.0 Å². The number of carbonyl (C=O) groups excluding carboxylic acids is 1. The van der Waals surface area contributed by atoms with E-state index in [2.05, 4.69) is 38.6 Å². The van der Waals surface area contributed by atoms with Crippen molar-refractivity contribution in [2.24, 2.45) is 0 Å². The minimum absolute atomic E-state index is 0.156. The first-order valence-corrected chi connectivity index (χ1v) is 8.14. The summed E-state index contributed by atoms with van der Waals surface area (Å²) < 4.78 is 24.7. The number of hydrogen-bond donors (Lipinski definition) is 3. The highest BCUT2D eigenvalue weighted by molar-refractivity contribution is 9.10. The van der Waals surface area contributed by atoms with Crippen molar-refractivity contribution in [2.45, 2.75) is 4.90 Å². The largest absolute Gasteiger partial charge is 0.351 e. The van der Waals surface area contributed by atoms with Gasteiger partial charge in [-0.15, -0.1) is 12.6 Å². The maximum absolute atomic E-state index is 11.7. The second kappa shape index (κ2) is 6.55. The van der Waals surface area contributed by atoms with Crippen molar-refractivity contribution in [3.8, 4) is 0 Å². The molecule has 2 N–H and O–H groups in total. The molecule has 0 spiro atoms.